The fraction of sp³-hybridized carbons (Fsp3) is 0.423. The second kappa shape index (κ2) is 8.80. The minimum Gasteiger partial charge on any atom is -0.497 e. The van der Waals surface area contributed by atoms with Crippen LogP contribution >= 0.6 is 11.6 Å². The van der Waals surface area contributed by atoms with Gasteiger partial charge in [-0.2, -0.15) is 0 Å². The van der Waals surface area contributed by atoms with Gasteiger partial charge in [0.1, 0.15) is 5.75 Å². The highest BCUT2D eigenvalue weighted by Crippen LogP contribution is 2.40. The van der Waals surface area contributed by atoms with Gasteiger partial charge in [0, 0.05) is 48.4 Å². The molecule has 2 fully saturated rings. The van der Waals surface area contributed by atoms with Crippen LogP contribution in [0.1, 0.15) is 42.7 Å². The summed E-state index contributed by atoms with van der Waals surface area (Å²) in [6.45, 7) is 2.77. The quantitative estimate of drug-likeness (QED) is 0.585. The molecule has 2 aromatic carbocycles. The molecule has 0 spiro atoms. The van der Waals surface area contributed by atoms with Crippen LogP contribution in [0.3, 0.4) is 0 Å². The van der Waals surface area contributed by atoms with Crippen LogP contribution in [0.4, 0.5) is 0 Å². The van der Waals surface area contributed by atoms with Crippen LogP contribution in [0.15, 0.2) is 48.7 Å². The third-order valence-corrected chi connectivity index (χ3v) is 7.55. The smallest absolute Gasteiger partial charge is 0.233 e. The van der Waals surface area contributed by atoms with Crippen molar-refractivity contribution in [2.24, 2.45) is 0 Å². The van der Waals surface area contributed by atoms with E-state index in [-0.39, 0.29) is 5.91 Å². The molecule has 1 amide bonds. The largest absolute Gasteiger partial charge is 0.497 e. The van der Waals surface area contributed by atoms with Crippen molar-refractivity contribution in [1.29, 1.82) is 0 Å². The predicted molar refractivity (Wildman–Crippen MR) is 127 cm³/mol. The van der Waals surface area contributed by atoms with Gasteiger partial charge in [0.15, 0.2) is 0 Å². The van der Waals surface area contributed by atoms with Crippen LogP contribution in [0.2, 0.25) is 5.02 Å². The minimum atomic E-state index is -0.510. The maximum Gasteiger partial charge on any atom is 0.233 e. The number of rotatable bonds is 4. The Labute approximate surface area is 193 Å². The lowest BCUT2D eigenvalue weighted by molar-refractivity contribution is -0.142. The number of ether oxygens (including phenoxy) is 2. The van der Waals surface area contributed by atoms with E-state index in [0.29, 0.717) is 24.2 Å². The molecule has 3 aromatic rings. The summed E-state index contributed by atoms with van der Waals surface area (Å²) in [6.07, 6.45) is 5.48. The van der Waals surface area contributed by atoms with Crippen molar-refractivity contribution >= 4 is 28.4 Å². The van der Waals surface area contributed by atoms with Gasteiger partial charge in [-0.3, -0.25) is 4.79 Å². The van der Waals surface area contributed by atoms with E-state index < -0.39 is 5.41 Å². The number of halogens is 1. The fourth-order valence-electron chi connectivity index (χ4n) is 5.40. The molecule has 0 radical (unpaired) electrons. The van der Waals surface area contributed by atoms with E-state index >= 15 is 0 Å². The first-order chi connectivity index (χ1) is 15.6. The number of carbonyl (C=O) groups is 1. The molecule has 6 heteroatoms. The number of carbonyl (C=O) groups excluding carboxylic acids is 1. The van der Waals surface area contributed by atoms with Crippen LogP contribution < -0.4 is 4.74 Å². The SMILES string of the molecule is COc1ccc2[nH]cc(C3CCN(C(=O)C4(c5ccc(Cl)cc5)CCOCC4)CC3)c2c1. The number of amides is 1. The number of aromatic nitrogens is 1. The number of benzene rings is 2. The standard InChI is InChI=1S/C26H29ClN2O3/c1-31-21-6-7-24-22(16-21)23(17-28-24)18-8-12-29(13-9-18)25(30)26(10-14-32-15-11-26)19-2-4-20(27)5-3-19/h2-7,16-18,28H,8-15H2,1H3. The second-order valence-electron chi connectivity index (χ2n) is 8.92. The lowest BCUT2D eigenvalue weighted by Gasteiger charge is -2.42. The lowest BCUT2D eigenvalue weighted by atomic mass is 9.72. The lowest BCUT2D eigenvalue weighted by Crippen LogP contribution is -2.51. The molecular formula is C26H29ClN2O3. The first-order valence-corrected chi connectivity index (χ1v) is 11.8. The third kappa shape index (κ3) is 3.78. The van der Waals surface area contributed by atoms with E-state index in [9.17, 15) is 4.79 Å². The Bertz CT molecular complexity index is 1090. The summed E-state index contributed by atoms with van der Waals surface area (Å²) >= 11 is 6.12. The Balaban J connectivity index is 1.35. The fourth-order valence-corrected chi connectivity index (χ4v) is 5.52. The highest BCUT2D eigenvalue weighted by molar-refractivity contribution is 6.30. The van der Waals surface area contributed by atoms with Gasteiger partial charge in [0.2, 0.25) is 5.91 Å². The van der Waals surface area contributed by atoms with Gasteiger partial charge >= 0.3 is 0 Å². The number of fused-ring (bicyclic) bond motifs is 1. The molecule has 168 valence electrons. The zero-order chi connectivity index (χ0) is 22.1. The Morgan fingerprint density at radius 2 is 1.84 bits per heavy atom. The molecule has 0 atom stereocenters. The Kier molecular flexibility index (Phi) is 5.87. The molecule has 2 aliphatic heterocycles. The number of hydrogen-bond acceptors (Lipinski definition) is 3. The topological polar surface area (TPSA) is 54.6 Å². The summed E-state index contributed by atoms with van der Waals surface area (Å²) in [5, 5.41) is 1.91. The van der Waals surface area contributed by atoms with Gasteiger partial charge in [-0.05, 0) is 73.1 Å². The molecule has 3 heterocycles. The number of hydrogen-bond donors (Lipinski definition) is 1. The molecule has 0 aliphatic carbocycles. The molecule has 0 unspecified atom stereocenters. The van der Waals surface area contributed by atoms with E-state index in [1.54, 1.807) is 7.11 Å². The molecule has 1 aromatic heterocycles. The van der Waals surface area contributed by atoms with Crippen molar-refractivity contribution in [3.63, 3.8) is 0 Å². The summed E-state index contributed by atoms with van der Waals surface area (Å²) in [5.74, 6) is 1.54. The molecule has 2 saturated heterocycles. The van der Waals surface area contributed by atoms with Crippen molar-refractivity contribution in [2.45, 2.75) is 37.0 Å². The number of aromatic amines is 1. The number of nitrogens with zero attached hydrogens (tertiary/aromatic N) is 1. The highest BCUT2D eigenvalue weighted by atomic mass is 35.5. The van der Waals surface area contributed by atoms with Gasteiger partial charge in [0.25, 0.3) is 0 Å². The number of H-pyrrole nitrogens is 1. The van der Waals surface area contributed by atoms with Crippen LogP contribution in [0, 0.1) is 0 Å². The Morgan fingerprint density at radius 1 is 1.12 bits per heavy atom. The van der Waals surface area contributed by atoms with E-state index in [1.165, 1.54) is 10.9 Å². The van der Waals surface area contributed by atoms with E-state index in [2.05, 4.69) is 28.2 Å². The average Bonchev–Trinajstić information content (AvgIpc) is 3.27. The molecule has 5 rings (SSSR count). The summed E-state index contributed by atoms with van der Waals surface area (Å²) in [4.78, 5) is 19.3. The monoisotopic (exact) mass is 452 g/mol. The van der Waals surface area contributed by atoms with Gasteiger partial charge < -0.3 is 19.4 Å². The molecule has 1 N–H and O–H groups in total. The number of nitrogens with one attached hydrogen (secondary N) is 1. The van der Waals surface area contributed by atoms with Crippen molar-refractivity contribution in [1.82, 2.24) is 9.88 Å². The summed E-state index contributed by atoms with van der Waals surface area (Å²) in [7, 11) is 1.70. The number of likely N-dealkylation sites (tertiary alicyclic amines) is 1. The molecule has 2 aliphatic rings. The van der Waals surface area contributed by atoms with Crippen LogP contribution in [0.5, 0.6) is 5.75 Å². The highest BCUT2D eigenvalue weighted by Gasteiger charge is 2.44. The van der Waals surface area contributed by atoms with E-state index in [0.717, 1.165) is 55.6 Å². The Hall–Kier alpha value is -2.50. The molecule has 0 saturated carbocycles. The zero-order valence-corrected chi connectivity index (χ0v) is 19.2. The van der Waals surface area contributed by atoms with Gasteiger partial charge in [-0.25, -0.2) is 0 Å². The Morgan fingerprint density at radius 3 is 2.53 bits per heavy atom. The van der Waals surface area contributed by atoms with Crippen LogP contribution in [-0.2, 0) is 14.9 Å². The van der Waals surface area contributed by atoms with Crippen molar-refractivity contribution in [2.75, 3.05) is 33.4 Å². The third-order valence-electron chi connectivity index (χ3n) is 7.30. The van der Waals surface area contributed by atoms with Crippen molar-refractivity contribution < 1.29 is 14.3 Å². The van der Waals surface area contributed by atoms with Crippen molar-refractivity contribution in [3.8, 4) is 5.75 Å². The first-order valence-electron chi connectivity index (χ1n) is 11.4. The predicted octanol–water partition coefficient (Wildman–Crippen LogP) is 5.28. The molecule has 5 nitrogen and oxygen atoms in total. The average molecular weight is 453 g/mol. The summed E-state index contributed by atoms with van der Waals surface area (Å²) in [6, 6.07) is 14.0. The number of methoxy groups -OCH3 is 1. The maximum atomic E-state index is 13.9. The van der Waals surface area contributed by atoms with Gasteiger partial charge in [0.05, 0.1) is 12.5 Å². The van der Waals surface area contributed by atoms with Crippen LogP contribution in [-0.4, -0.2) is 49.2 Å². The molecule has 0 bridgehead atoms. The summed E-state index contributed by atoms with van der Waals surface area (Å²) in [5.41, 5.74) is 3.00. The molecular weight excluding hydrogens is 424 g/mol. The second-order valence-corrected chi connectivity index (χ2v) is 9.36. The van der Waals surface area contributed by atoms with E-state index in [1.807, 2.05) is 30.3 Å². The molecule has 32 heavy (non-hydrogen) atoms. The zero-order valence-electron chi connectivity index (χ0n) is 18.4. The van der Waals surface area contributed by atoms with E-state index in [4.69, 9.17) is 21.1 Å². The maximum absolute atomic E-state index is 13.9. The minimum absolute atomic E-state index is 0.238. The van der Waals surface area contributed by atoms with Crippen LogP contribution in [0.25, 0.3) is 10.9 Å². The first kappa shape index (κ1) is 21.4. The number of piperidine rings is 1. The normalized spacial score (nSPS) is 19.2. The van der Waals surface area contributed by atoms with Gasteiger partial charge in [-0.1, -0.05) is 23.7 Å². The van der Waals surface area contributed by atoms with Crippen molar-refractivity contribution in [3.05, 3.63) is 64.8 Å². The van der Waals surface area contributed by atoms with Gasteiger partial charge in [-0.15, -0.1) is 0 Å². The summed E-state index contributed by atoms with van der Waals surface area (Å²) < 4.78 is 11.0.